The first-order valence-corrected chi connectivity index (χ1v) is 22.3. The summed E-state index contributed by atoms with van der Waals surface area (Å²) < 4.78 is 0. The van der Waals surface area contributed by atoms with Crippen LogP contribution in [0, 0.1) is 0 Å². The van der Waals surface area contributed by atoms with E-state index in [1.165, 1.54) is 66.3 Å². The summed E-state index contributed by atoms with van der Waals surface area (Å²) in [5.41, 5.74) is 17.5. The Bertz CT molecular complexity index is 3380. The summed E-state index contributed by atoms with van der Waals surface area (Å²) in [7, 11) is 0. The van der Waals surface area contributed by atoms with Crippen LogP contribution in [0.2, 0.25) is 0 Å². The van der Waals surface area contributed by atoms with Crippen LogP contribution in [0.5, 0.6) is 0 Å². The van der Waals surface area contributed by atoms with Gasteiger partial charge in [0.05, 0.1) is 11.4 Å². The number of anilines is 9. The Labute approximate surface area is 380 Å². The zero-order chi connectivity index (χ0) is 43.1. The molecule has 0 spiro atoms. The number of rotatable bonds is 9. The van der Waals surface area contributed by atoms with Crippen LogP contribution in [0.15, 0.2) is 261 Å². The second-order valence-electron chi connectivity index (χ2n) is 16.6. The molecule has 0 bridgehead atoms. The second kappa shape index (κ2) is 16.2. The lowest BCUT2D eigenvalue weighted by Crippen LogP contribution is -2.15. The van der Waals surface area contributed by atoms with E-state index in [2.05, 4.69) is 276 Å². The zero-order valence-electron chi connectivity index (χ0n) is 35.7. The topological polar surface area (TPSA) is 9.72 Å². The van der Waals surface area contributed by atoms with Crippen LogP contribution in [0.4, 0.5) is 51.2 Å². The molecule has 0 aliphatic carbocycles. The van der Waals surface area contributed by atoms with Crippen LogP contribution in [0.1, 0.15) is 0 Å². The highest BCUT2D eigenvalue weighted by atomic mass is 15.2. The van der Waals surface area contributed by atoms with Crippen LogP contribution >= 0.6 is 0 Å². The van der Waals surface area contributed by atoms with Gasteiger partial charge in [0.25, 0.3) is 0 Å². The molecule has 0 unspecified atom stereocenters. The van der Waals surface area contributed by atoms with Gasteiger partial charge in [0.15, 0.2) is 0 Å². The fourth-order valence-electron chi connectivity index (χ4n) is 9.70. The Kier molecular flexibility index (Phi) is 9.50. The molecule has 0 fully saturated rings. The van der Waals surface area contributed by atoms with Crippen molar-refractivity contribution in [2.75, 3.05) is 14.7 Å². The Morgan fingerprint density at radius 2 is 0.708 bits per heavy atom. The van der Waals surface area contributed by atoms with Gasteiger partial charge < -0.3 is 14.7 Å². The lowest BCUT2D eigenvalue weighted by atomic mass is 9.86. The first-order valence-electron chi connectivity index (χ1n) is 22.3. The quantitative estimate of drug-likeness (QED) is 0.143. The van der Waals surface area contributed by atoms with E-state index in [1.807, 2.05) is 0 Å². The van der Waals surface area contributed by atoms with Crippen LogP contribution in [-0.4, -0.2) is 0 Å². The predicted octanol–water partition coefficient (Wildman–Crippen LogP) is 17.7. The van der Waals surface area contributed by atoms with Gasteiger partial charge in [-0.05, 0) is 147 Å². The Morgan fingerprint density at radius 1 is 0.262 bits per heavy atom. The van der Waals surface area contributed by atoms with Gasteiger partial charge in [0.2, 0.25) is 0 Å². The molecule has 0 N–H and O–H groups in total. The van der Waals surface area contributed by atoms with E-state index in [-0.39, 0.29) is 0 Å². The third-order valence-electron chi connectivity index (χ3n) is 12.7. The van der Waals surface area contributed by atoms with E-state index in [0.29, 0.717) is 0 Å². The minimum atomic E-state index is 1.11. The molecule has 12 rings (SSSR count). The highest BCUT2D eigenvalue weighted by molar-refractivity contribution is 6.17. The van der Waals surface area contributed by atoms with Gasteiger partial charge in [-0.3, -0.25) is 0 Å². The number of para-hydroxylation sites is 5. The number of nitrogens with zero attached hydrogens (tertiary/aromatic N) is 3. The summed E-state index contributed by atoms with van der Waals surface area (Å²) in [6.45, 7) is 0. The summed E-state index contributed by atoms with van der Waals surface area (Å²) in [5.74, 6) is 0. The maximum atomic E-state index is 2.45. The fraction of sp³-hybridized carbons (Fsp3) is 0. The fourth-order valence-corrected chi connectivity index (χ4v) is 9.70. The summed E-state index contributed by atoms with van der Waals surface area (Å²) in [6, 6.07) is 94.2. The molecule has 65 heavy (non-hydrogen) atoms. The first kappa shape index (κ1) is 38.0. The molecule has 0 amide bonds. The summed E-state index contributed by atoms with van der Waals surface area (Å²) in [4.78, 5) is 7.08. The van der Waals surface area contributed by atoms with Crippen molar-refractivity contribution >= 4 is 72.7 Å². The average Bonchev–Trinajstić information content (AvgIpc) is 3.38. The van der Waals surface area contributed by atoms with Gasteiger partial charge in [-0.25, -0.2) is 0 Å². The molecule has 11 aromatic rings. The molecule has 306 valence electrons. The number of fused-ring (bicyclic) bond motifs is 3. The van der Waals surface area contributed by atoms with Crippen molar-refractivity contribution < 1.29 is 0 Å². The minimum absolute atomic E-state index is 1.11. The highest BCUT2D eigenvalue weighted by Crippen LogP contribution is 2.53. The molecule has 1 aliphatic heterocycles. The van der Waals surface area contributed by atoms with Crippen molar-refractivity contribution in [2.45, 2.75) is 0 Å². The molecule has 0 saturated heterocycles. The van der Waals surface area contributed by atoms with Crippen LogP contribution in [0.3, 0.4) is 0 Å². The Balaban J connectivity index is 0.933. The van der Waals surface area contributed by atoms with Crippen molar-refractivity contribution in [3.63, 3.8) is 0 Å². The smallest absolute Gasteiger partial charge is 0.0546 e. The second-order valence-corrected chi connectivity index (χ2v) is 16.6. The summed E-state index contributed by atoms with van der Waals surface area (Å²) >= 11 is 0. The lowest BCUT2D eigenvalue weighted by molar-refractivity contribution is 1.28. The van der Waals surface area contributed by atoms with Crippen LogP contribution in [0.25, 0.3) is 54.9 Å². The Hall–Kier alpha value is -8.66. The molecule has 0 radical (unpaired) electrons. The highest BCUT2D eigenvalue weighted by Gasteiger charge is 2.28. The van der Waals surface area contributed by atoms with Crippen molar-refractivity contribution in [1.29, 1.82) is 0 Å². The molecule has 1 heterocycles. The van der Waals surface area contributed by atoms with Crippen molar-refractivity contribution in [3.8, 4) is 33.4 Å². The molecule has 3 heteroatoms. The third-order valence-corrected chi connectivity index (χ3v) is 12.7. The van der Waals surface area contributed by atoms with E-state index in [1.54, 1.807) is 0 Å². The van der Waals surface area contributed by atoms with Gasteiger partial charge in [0, 0.05) is 50.8 Å². The van der Waals surface area contributed by atoms with Crippen molar-refractivity contribution in [1.82, 2.24) is 0 Å². The van der Waals surface area contributed by atoms with E-state index >= 15 is 0 Å². The van der Waals surface area contributed by atoms with E-state index in [0.717, 1.165) is 39.8 Å². The average molecular weight is 830 g/mol. The Morgan fingerprint density at radius 3 is 1.32 bits per heavy atom. The predicted molar refractivity (Wildman–Crippen MR) is 275 cm³/mol. The van der Waals surface area contributed by atoms with Gasteiger partial charge >= 0.3 is 0 Å². The molecular formula is C62H43N3. The van der Waals surface area contributed by atoms with Gasteiger partial charge in [-0.15, -0.1) is 0 Å². The third kappa shape index (κ3) is 6.87. The largest absolute Gasteiger partial charge is 0.311 e. The van der Waals surface area contributed by atoms with E-state index in [9.17, 15) is 0 Å². The minimum Gasteiger partial charge on any atom is -0.311 e. The van der Waals surface area contributed by atoms with Crippen LogP contribution < -0.4 is 14.7 Å². The first-order chi connectivity index (χ1) is 32.2. The maximum absolute atomic E-state index is 2.45. The molecule has 1 aliphatic rings. The SMILES string of the molecule is c1ccc(N(c2ccccc2)c2ccc(-c3ccc4c5c(cccc35)N(c3ccccc3)c3cc(-c5ccc6cc(N(c7ccccc7)c7ccccc7)ccc6c5)ccc3-4)cc2)cc1. The van der Waals surface area contributed by atoms with E-state index in [4.69, 9.17) is 0 Å². The molecular weight excluding hydrogens is 787 g/mol. The maximum Gasteiger partial charge on any atom is 0.0546 e. The van der Waals surface area contributed by atoms with Gasteiger partial charge in [0.1, 0.15) is 0 Å². The molecule has 0 atom stereocenters. The summed E-state index contributed by atoms with van der Waals surface area (Å²) in [6.07, 6.45) is 0. The molecule has 0 saturated carbocycles. The van der Waals surface area contributed by atoms with Gasteiger partial charge in [-0.2, -0.15) is 0 Å². The van der Waals surface area contributed by atoms with Crippen molar-refractivity contribution in [2.24, 2.45) is 0 Å². The number of benzene rings is 11. The monoisotopic (exact) mass is 829 g/mol. The molecule has 0 aromatic heterocycles. The van der Waals surface area contributed by atoms with Crippen molar-refractivity contribution in [3.05, 3.63) is 261 Å². The normalized spacial score (nSPS) is 11.7. The number of hydrogen-bond acceptors (Lipinski definition) is 3. The van der Waals surface area contributed by atoms with Gasteiger partial charge in [-0.1, -0.05) is 158 Å². The zero-order valence-corrected chi connectivity index (χ0v) is 35.7. The van der Waals surface area contributed by atoms with E-state index < -0.39 is 0 Å². The van der Waals surface area contributed by atoms with Crippen LogP contribution in [-0.2, 0) is 0 Å². The standard InChI is InChI=1S/C62H43N3/c1-6-17-49(18-7-1)63(50-19-8-2-9-20-50)54-35-31-44(32-36-54)56-39-40-59-57-38-34-48(43-61(57)65(53-25-14-5-15-26-53)60-28-16-27-58(56)62(59)60)45-29-30-47-42-55(37-33-46(47)41-45)64(51-21-10-3-11-22-51)52-23-12-4-13-24-52/h1-43H. The number of hydrogen-bond donors (Lipinski definition) is 0. The summed E-state index contributed by atoms with van der Waals surface area (Å²) in [5, 5.41) is 4.89. The lowest BCUT2D eigenvalue weighted by Gasteiger charge is -2.34. The molecule has 3 nitrogen and oxygen atoms in total. The molecule has 11 aromatic carbocycles.